The topological polar surface area (TPSA) is 22.0 Å². The van der Waals surface area contributed by atoms with Gasteiger partial charge in [-0.25, -0.2) is 0 Å². The van der Waals surface area contributed by atoms with Crippen molar-refractivity contribution in [3.05, 3.63) is 23.0 Å². The Bertz CT molecular complexity index is 526. The zero-order valence-electron chi connectivity index (χ0n) is 14.8. The van der Waals surface area contributed by atoms with Crippen molar-refractivity contribution in [2.24, 2.45) is 23.2 Å². The van der Waals surface area contributed by atoms with Crippen LogP contribution in [0, 0.1) is 30.1 Å². The van der Waals surface area contributed by atoms with Crippen LogP contribution in [0.25, 0.3) is 0 Å². The van der Waals surface area contributed by atoms with Gasteiger partial charge in [0.15, 0.2) is 5.78 Å². The first kappa shape index (κ1) is 16.3. The lowest BCUT2D eigenvalue weighted by Crippen LogP contribution is -2.30. The SMILES string of the molecule is Cc1cc2c(n1CC(C(C)C)C(C)C)CC(C)(C)CC2=O. The van der Waals surface area contributed by atoms with Crippen molar-refractivity contribution in [1.29, 1.82) is 0 Å². The Morgan fingerprint density at radius 1 is 1.14 bits per heavy atom. The second-order valence-electron chi connectivity index (χ2n) is 8.35. The molecule has 0 spiro atoms. The molecule has 0 saturated heterocycles. The highest BCUT2D eigenvalue weighted by Gasteiger charge is 2.34. The van der Waals surface area contributed by atoms with E-state index in [1.54, 1.807) is 0 Å². The van der Waals surface area contributed by atoms with Crippen LogP contribution in [0.3, 0.4) is 0 Å². The smallest absolute Gasteiger partial charge is 0.165 e. The Morgan fingerprint density at radius 3 is 2.24 bits per heavy atom. The first-order valence-electron chi connectivity index (χ1n) is 8.34. The zero-order chi connectivity index (χ0) is 15.9. The summed E-state index contributed by atoms with van der Waals surface area (Å²) in [5.41, 5.74) is 3.60. The Kier molecular flexibility index (Phi) is 4.37. The summed E-state index contributed by atoms with van der Waals surface area (Å²) in [6, 6.07) is 2.12. The highest BCUT2D eigenvalue weighted by Crippen LogP contribution is 2.37. The van der Waals surface area contributed by atoms with Gasteiger partial charge < -0.3 is 4.57 Å². The number of rotatable bonds is 4. The van der Waals surface area contributed by atoms with Crippen molar-refractivity contribution < 1.29 is 4.79 Å². The van der Waals surface area contributed by atoms with Crippen LogP contribution in [0.2, 0.25) is 0 Å². The van der Waals surface area contributed by atoms with E-state index in [4.69, 9.17) is 0 Å². The van der Waals surface area contributed by atoms with Gasteiger partial charge in [-0.3, -0.25) is 4.79 Å². The number of nitrogens with zero attached hydrogens (tertiary/aromatic N) is 1. The number of carbonyl (C=O) groups is 1. The molecule has 0 N–H and O–H groups in total. The van der Waals surface area contributed by atoms with E-state index in [1.165, 1.54) is 11.4 Å². The molecule has 0 bridgehead atoms. The summed E-state index contributed by atoms with van der Waals surface area (Å²) in [6.45, 7) is 16.9. The third-order valence-electron chi connectivity index (χ3n) is 5.11. The summed E-state index contributed by atoms with van der Waals surface area (Å²) in [6.07, 6.45) is 1.70. The van der Waals surface area contributed by atoms with Crippen molar-refractivity contribution in [3.8, 4) is 0 Å². The molecule has 0 radical (unpaired) electrons. The van der Waals surface area contributed by atoms with Crippen LogP contribution in [0.15, 0.2) is 6.07 Å². The van der Waals surface area contributed by atoms with Gasteiger partial charge in [-0.05, 0) is 42.6 Å². The number of aromatic nitrogens is 1. The molecule has 2 rings (SSSR count). The van der Waals surface area contributed by atoms with Gasteiger partial charge in [0.1, 0.15) is 0 Å². The van der Waals surface area contributed by atoms with E-state index in [2.05, 4.69) is 59.1 Å². The number of fused-ring (bicyclic) bond motifs is 1. The van der Waals surface area contributed by atoms with Crippen LogP contribution in [0.5, 0.6) is 0 Å². The number of hydrogen-bond acceptors (Lipinski definition) is 1. The Labute approximate surface area is 129 Å². The van der Waals surface area contributed by atoms with Gasteiger partial charge >= 0.3 is 0 Å². The van der Waals surface area contributed by atoms with E-state index in [9.17, 15) is 4.79 Å². The second-order valence-corrected chi connectivity index (χ2v) is 8.35. The first-order chi connectivity index (χ1) is 9.62. The number of ketones is 1. The molecule has 2 nitrogen and oxygen atoms in total. The standard InChI is InChI=1S/C19H31NO/c1-12(2)16(13(3)4)11-20-14(5)8-15-17(20)9-19(6,7)10-18(15)21/h8,12-13,16H,9-11H2,1-7H3. The molecular formula is C19H31NO. The lowest BCUT2D eigenvalue weighted by molar-refractivity contribution is 0.0909. The molecule has 0 aliphatic heterocycles. The minimum Gasteiger partial charge on any atom is -0.348 e. The number of Topliss-reactive ketones (excluding diaryl/α,β-unsaturated/α-hetero) is 1. The van der Waals surface area contributed by atoms with E-state index in [0.717, 1.165) is 18.5 Å². The maximum Gasteiger partial charge on any atom is 0.165 e. The van der Waals surface area contributed by atoms with Gasteiger partial charge in [-0.15, -0.1) is 0 Å². The summed E-state index contributed by atoms with van der Waals surface area (Å²) < 4.78 is 2.43. The molecule has 118 valence electrons. The molecule has 1 aliphatic rings. The lowest BCUT2D eigenvalue weighted by Gasteiger charge is -2.32. The van der Waals surface area contributed by atoms with E-state index >= 15 is 0 Å². The maximum atomic E-state index is 12.4. The average Bonchev–Trinajstić information content (AvgIpc) is 2.60. The van der Waals surface area contributed by atoms with Crippen molar-refractivity contribution in [1.82, 2.24) is 4.57 Å². The summed E-state index contributed by atoms with van der Waals surface area (Å²) in [4.78, 5) is 12.4. The predicted octanol–water partition coefficient (Wildman–Crippen LogP) is 4.88. The monoisotopic (exact) mass is 289 g/mol. The molecule has 0 fully saturated rings. The highest BCUT2D eigenvalue weighted by molar-refractivity contribution is 5.99. The second kappa shape index (κ2) is 5.62. The number of hydrogen-bond donors (Lipinski definition) is 0. The van der Waals surface area contributed by atoms with Crippen molar-refractivity contribution in [3.63, 3.8) is 0 Å². The summed E-state index contributed by atoms with van der Waals surface area (Å²) in [5.74, 6) is 2.30. The number of aryl methyl sites for hydroxylation is 1. The molecule has 0 amide bonds. The quantitative estimate of drug-likeness (QED) is 0.774. The molecule has 0 atom stereocenters. The third kappa shape index (κ3) is 3.25. The fourth-order valence-electron chi connectivity index (χ4n) is 3.86. The molecule has 1 aromatic heterocycles. The summed E-state index contributed by atoms with van der Waals surface area (Å²) in [7, 11) is 0. The van der Waals surface area contributed by atoms with E-state index < -0.39 is 0 Å². The first-order valence-corrected chi connectivity index (χ1v) is 8.34. The minimum atomic E-state index is 0.0950. The molecule has 1 aliphatic carbocycles. The van der Waals surface area contributed by atoms with Gasteiger partial charge in [0.25, 0.3) is 0 Å². The van der Waals surface area contributed by atoms with E-state index in [0.29, 0.717) is 30.0 Å². The van der Waals surface area contributed by atoms with Gasteiger partial charge in [-0.1, -0.05) is 41.5 Å². The summed E-state index contributed by atoms with van der Waals surface area (Å²) >= 11 is 0. The summed E-state index contributed by atoms with van der Waals surface area (Å²) in [5, 5.41) is 0. The lowest BCUT2D eigenvalue weighted by atomic mass is 9.76. The largest absolute Gasteiger partial charge is 0.348 e. The normalized spacial score (nSPS) is 17.9. The fraction of sp³-hybridized carbons (Fsp3) is 0.737. The van der Waals surface area contributed by atoms with E-state index in [1.807, 2.05) is 0 Å². The Hall–Kier alpha value is -1.05. The third-order valence-corrected chi connectivity index (χ3v) is 5.11. The molecule has 1 heterocycles. The fourth-order valence-corrected chi connectivity index (χ4v) is 3.86. The highest BCUT2D eigenvalue weighted by atomic mass is 16.1. The molecule has 2 heteroatoms. The van der Waals surface area contributed by atoms with Crippen LogP contribution >= 0.6 is 0 Å². The van der Waals surface area contributed by atoms with E-state index in [-0.39, 0.29) is 5.41 Å². The van der Waals surface area contributed by atoms with Crippen LogP contribution in [0.1, 0.15) is 69.7 Å². The molecule has 1 aromatic rings. The average molecular weight is 289 g/mol. The molecule has 0 aromatic carbocycles. The van der Waals surface area contributed by atoms with Crippen LogP contribution in [0.4, 0.5) is 0 Å². The van der Waals surface area contributed by atoms with Crippen LogP contribution < -0.4 is 0 Å². The van der Waals surface area contributed by atoms with Gasteiger partial charge in [0.05, 0.1) is 0 Å². The van der Waals surface area contributed by atoms with Crippen LogP contribution in [-0.2, 0) is 13.0 Å². The minimum absolute atomic E-state index is 0.0950. The van der Waals surface area contributed by atoms with Crippen molar-refractivity contribution >= 4 is 5.78 Å². The Balaban J connectivity index is 2.40. The van der Waals surface area contributed by atoms with Crippen LogP contribution in [-0.4, -0.2) is 10.4 Å². The predicted molar refractivity (Wildman–Crippen MR) is 88.8 cm³/mol. The van der Waals surface area contributed by atoms with Crippen molar-refractivity contribution in [2.45, 2.75) is 67.9 Å². The van der Waals surface area contributed by atoms with Crippen molar-refractivity contribution in [2.75, 3.05) is 0 Å². The molecule has 21 heavy (non-hydrogen) atoms. The molecular weight excluding hydrogens is 258 g/mol. The maximum absolute atomic E-state index is 12.4. The Morgan fingerprint density at radius 2 is 1.71 bits per heavy atom. The molecule has 0 unspecified atom stereocenters. The molecule has 0 saturated carbocycles. The van der Waals surface area contributed by atoms with Gasteiger partial charge in [-0.2, -0.15) is 0 Å². The van der Waals surface area contributed by atoms with Gasteiger partial charge in [0.2, 0.25) is 0 Å². The number of carbonyl (C=O) groups excluding carboxylic acids is 1. The zero-order valence-corrected chi connectivity index (χ0v) is 14.8. The van der Waals surface area contributed by atoms with Gasteiger partial charge in [0, 0.05) is 29.9 Å².